The number of benzene rings is 1. The van der Waals surface area contributed by atoms with E-state index < -0.39 is 11.6 Å². The van der Waals surface area contributed by atoms with Gasteiger partial charge in [-0.05, 0) is 42.0 Å². The summed E-state index contributed by atoms with van der Waals surface area (Å²) in [6.45, 7) is 11.4. The van der Waals surface area contributed by atoms with E-state index in [1.165, 1.54) is 6.07 Å². The molecular formula is C16H24ClF2N. The lowest BCUT2D eigenvalue weighted by atomic mass is 9.77. The van der Waals surface area contributed by atoms with E-state index in [0.717, 1.165) is 19.0 Å². The molecule has 0 saturated carbocycles. The summed E-state index contributed by atoms with van der Waals surface area (Å²) in [5.74, 6) is -1.34. The van der Waals surface area contributed by atoms with Gasteiger partial charge in [0.1, 0.15) is 0 Å². The van der Waals surface area contributed by atoms with Crippen molar-refractivity contribution in [1.29, 1.82) is 0 Å². The first-order valence-corrected chi connectivity index (χ1v) is 7.42. The van der Waals surface area contributed by atoms with Crippen LogP contribution in [-0.4, -0.2) is 6.54 Å². The van der Waals surface area contributed by atoms with E-state index in [2.05, 4.69) is 33.0 Å². The molecule has 0 spiro atoms. The van der Waals surface area contributed by atoms with Gasteiger partial charge >= 0.3 is 0 Å². The molecule has 0 aliphatic rings. The quantitative estimate of drug-likeness (QED) is 0.724. The van der Waals surface area contributed by atoms with Crippen molar-refractivity contribution in [3.05, 3.63) is 34.4 Å². The van der Waals surface area contributed by atoms with Gasteiger partial charge in [0.15, 0.2) is 11.6 Å². The molecule has 2 unspecified atom stereocenters. The van der Waals surface area contributed by atoms with Crippen molar-refractivity contribution >= 4 is 11.6 Å². The molecule has 0 fully saturated rings. The van der Waals surface area contributed by atoms with Gasteiger partial charge in [-0.3, -0.25) is 0 Å². The average Bonchev–Trinajstić information content (AvgIpc) is 2.32. The van der Waals surface area contributed by atoms with Gasteiger partial charge in [0.05, 0.1) is 0 Å². The third-order valence-corrected chi connectivity index (χ3v) is 4.26. The molecule has 1 rings (SSSR count). The first-order chi connectivity index (χ1) is 9.16. The number of rotatable bonds is 5. The highest BCUT2D eigenvalue weighted by Gasteiger charge is 2.25. The first-order valence-electron chi connectivity index (χ1n) is 7.04. The molecule has 1 N–H and O–H groups in total. The largest absolute Gasteiger partial charge is 0.310 e. The van der Waals surface area contributed by atoms with Gasteiger partial charge < -0.3 is 5.32 Å². The fourth-order valence-corrected chi connectivity index (χ4v) is 2.36. The molecule has 0 saturated heterocycles. The van der Waals surface area contributed by atoms with Crippen LogP contribution >= 0.6 is 11.6 Å². The van der Waals surface area contributed by atoms with E-state index in [4.69, 9.17) is 11.6 Å². The molecule has 0 amide bonds. The van der Waals surface area contributed by atoms with Crippen LogP contribution in [0.25, 0.3) is 0 Å². The van der Waals surface area contributed by atoms with E-state index in [-0.39, 0.29) is 16.5 Å². The summed E-state index contributed by atoms with van der Waals surface area (Å²) in [6, 6.07) is 2.19. The van der Waals surface area contributed by atoms with E-state index >= 15 is 0 Å². The highest BCUT2D eigenvalue weighted by Crippen LogP contribution is 2.35. The van der Waals surface area contributed by atoms with Gasteiger partial charge in [0, 0.05) is 11.1 Å². The Bertz CT molecular complexity index is 455. The van der Waals surface area contributed by atoms with E-state index in [9.17, 15) is 8.78 Å². The fourth-order valence-electron chi connectivity index (χ4n) is 2.08. The van der Waals surface area contributed by atoms with E-state index in [1.807, 2.05) is 6.92 Å². The van der Waals surface area contributed by atoms with Crippen LogP contribution in [0.15, 0.2) is 12.1 Å². The zero-order chi connectivity index (χ0) is 15.5. The minimum atomic E-state index is -0.905. The van der Waals surface area contributed by atoms with Crippen molar-refractivity contribution in [2.24, 2.45) is 11.3 Å². The van der Waals surface area contributed by atoms with Crippen molar-refractivity contribution < 1.29 is 8.78 Å². The molecule has 1 nitrogen and oxygen atoms in total. The van der Waals surface area contributed by atoms with Gasteiger partial charge in [-0.2, -0.15) is 0 Å². The molecule has 0 radical (unpaired) electrons. The summed E-state index contributed by atoms with van der Waals surface area (Å²) >= 11 is 6.08. The van der Waals surface area contributed by atoms with Crippen LogP contribution in [-0.2, 0) is 0 Å². The highest BCUT2D eigenvalue weighted by atomic mass is 35.5. The summed E-state index contributed by atoms with van der Waals surface area (Å²) in [6.07, 6.45) is 0.822. The second-order valence-corrected chi connectivity index (χ2v) is 6.81. The van der Waals surface area contributed by atoms with Crippen LogP contribution in [0, 0.1) is 23.0 Å². The van der Waals surface area contributed by atoms with Crippen molar-refractivity contribution in [2.75, 3.05) is 6.54 Å². The minimum Gasteiger partial charge on any atom is -0.310 e. The van der Waals surface area contributed by atoms with Crippen LogP contribution in [0.5, 0.6) is 0 Å². The number of hydrogen-bond acceptors (Lipinski definition) is 1. The van der Waals surface area contributed by atoms with Crippen molar-refractivity contribution in [1.82, 2.24) is 5.32 Å². The van der Waals surface area contributed by atoms with Gasteiger partial charge in [0.2, 0.25) is 0 Å². The lowest BCUT2D eigenvalue weighted by Gasteiger charge is -2.31. The Morgan fingerprint density at radius 3 is 2.25 bits per heavy atom. The molecule has 0 bridgehead atoms. The van der Waals surface area contributed by atoms with E-state index in [0.29, 0.717) is 11.5 Å². The maximum absolute atomic E-state index is 13.5. The van der Waals surface area contributed by atoms with E-state index in [1.54, 1.807) is 0 Å². The summed E-state index contributed by atoms with van der Waals surface area (Å²) in [7, 11) is 0. The second-order valence-electron chi connectivity index (χ2n) is 6.40. The molecule has 0 heterocycles. The van der Waals surface area contributed by atoms with Crippen LogP contribution in [0.4, 0.5) is 8.78 Å². The van der Waals surface area contributed by atoms with Gasteiger partial charge in [0.25, 0.3) is 0 Å². The molecule has 20 heavy (non-hydrogen) atoms. The Labute approximate surface area is 125 Å². The molecule has 1 aromatic rings. The zero-order valence-corrected chi connectivity index (χ0v) is 13.6. The average molecular weight is 304 g/mol. The molecule has 4 heteroatoms. The van der Waals surface area contributed by atoms with Crippen LogP contribution < -0.4 is 5.32 Å². The maximum Gasteiger partial charge on any atom is 0.160 e. The fraction of sp³-hybridized carbons (Fsp3) is 0.625. The van der Waals surface area contributed by atoms with Crippen LogP contribution in [0.3, 0.4) is 0 Å². The molecular weight excluding hydrogens is 280 g/mol. The minimum absolute atomic E-state index is 0.0724. The Hall–Kier alpha value is -0.670. The lowest BCUT2D eigenvalue weighted by Crippen LogP contribution is -2.27. The molecule has 0 aliphatic carbocycles. The zero-order valence-electron chi connectivity index (χ0n) is 12.9. The summed E-state index contributed by atoms with van der Waals surface area (Å²) in [5.41, 5.74) is 0.780. The number of halogens is 3. The topological polar surface area (TPSA) is 12.0 Å². The summed E-state index contributed by atoms with van der Waals surface area (Å²) in [4.78, 5) is 0. The Kier molecular flexibility index (Phi) is 5.96. The van der Waals surface area contributed by atoms with Gasteiger partial charge in [-0.25, -0.2) is 8.78 Å². The molecule has 0 aliphatic heterocycles. The Morgan fingerprint density at radius 2 is 1.75 bits per heavy atom. The molecule has 1 aromatic carbocycles. The second kappa shape index (κ2) is 6.86. The van der Waals surface area contributed by atoms with Crippen molar-refractivity contribution in [3.8, 4) is 0 Å². The Morgan fingerprint density at radius 1 is 1.20 bits per heavy atom. The van der Waals surface area contributed by atoms with Crippen molar-refractivity contribution in [2.45, 2.75) is 47.1 Å². The predicted molar refractivity (Wildman–Crippen MR) is 81.0 cm³/mol. The normalized spacial score (nSPS) is 15.2. The predicted octanol–water partition coefficient (Wildman–Crippen LogP) is 5.34. The first kappa shape index (κ1) is 17.4. The summed E-state index contributed by atoms with van der Waals surface area (Å²) in [5, 5.41) is 3.59. The molecule has 0 aromatic heterocycles. The SMILES string of the molecule is CCNC(CC(C)C(C)(C)C)c1cc(F)c(F)cc1Cl. The van der Waals surface area contributed by atoms with Crippen LogP contribution in [0.2, 0.25) is 5.02 Å². The number of nitrogens with one attached hydrogen (secondary N) is 1. The molecule has 114 valence electrons. The third-order valence-electron chi connectivity index (χ3n) is 3.93. The Balaban J connectivity index is 3.05. The maximum atomic E-state index is 13.5. The monoisotopic (exact) mass is 303 g/mol. The molecule has 2 atom stereocenters. The third kappa shape index (κ3) is 4.42. The standard InChI is InChI=1S/C16H24ClF2N/c1-6-20-15(7-10(2)16(3,4)5)11-8-13(18)14(19)9-12(11)17/h8-10,15,20H,6-7H2,1-5H3. The van der Waals surface area contributed by atoms with Crippen molar-refractivity contribution in [3.63, 3.8) is 0 Å². The summed E-state index contributed by atoms with van der Waals surface area (Å²) < 4.78 is 26.7. The lowest BCUT2D eigenvalue weighted by molar-refractivity contribution is 0.224. The van der Waals surface area contributed by atoms with Crippen LogP contribution in [0.1, 0.15) is 52.6 Å². The number of hydrogen-bond donors (Lipinski definition) is 1. The van der Waals surface area contributed by atoms with Gasteiger partial charge in [-0.1, -0.05) is 46.2 Å². The van der Waals surface area contributed by atoms with Gasteiger partial charge in [-0.15, -0.1) is 0 Å². The smallest absolute Gasteiger partial charge is 0.160 e. The highest BCUT2D eigenvalue weighted by molar-refractivity contribution is 6.31.